The van der Waals surface area contributed by atoms with E-state index in [0.29, 0.717) is 41.1 Å². The Hall–Kier alpha value is -6.97. The molecular formula is C57H70Cl2N16O4. The Morgan fingerprint density at radius 1 is 0.646 bits per heavy atom. The highest BCUT2D eigenvalue weighted by atomic mass is 35.5. The minimum atomic E-state index is -0.499. The molecule has 20 nitrogen and oxygen atoms in total. The topological polar surface area (TPSA) is 209 Å². The fourth-order valence-electron chi connectivity index (χ4n) is 11.6. The van der Waals surface area contributed by atoms with Crippen LogP contribution in [0.3, 0.4) is 0 Å². The summed E-state index contributed by atoms with van der Waals surface area (Å²) in [6.07, 6.45) is 18.3. The number of aliphatic hydroxyl groups excluding tert-OH is 2. The number of nitrogens with one attached hydrogen (secondary N) is 3. The molecule has 0 spiro atoms. The number of fused-ring (bicyclic) bond motifs is 2. The lowest BCUT2D eigenvalue weighted by Crippen LogP contribution is -2.45. The van der Waals surface area contributed by atoms with Gasteiger partial charge in [0.25, 0.3) is 0 Å². The van der Waals surface area contributed by atoms with Gasteiger partial charge in [0.05, 0.1) is 60.4 Å². The van der Waals surface area contributed by atoms with E-state index >= 15 is 0 Å². The van der Waals surface area contributed by atoms with Crippen LogP contribution in [0.25, 0.3) is 11.3 Å². The van der Waals surface area contributed by atoms with Crippen LogP contribution in [0.1, 0.15) is 95.3 Å². The second-order valence-corrected chi connectivity index (χ2v) is 23.3. The van der Waals surface area contributed by atoms with Crippen LogP contribution in [-0.4, -0.2) is 141 Å². The van der Waals surface area contributed by atoms with Gasteiger partial charge in [-0.3, -0.25) is 9.36 Å². The van der Waals surface area contributed by atoms with Crippen LogP contribution in [0, 0.1) is 0 Å². The number of benzene rings is 2. The molecule has 4 aliphatic heterocycles. The van der Waals surface area contributed by atoms with Crippen molar-refractivity contribution < 1.29 is 19.7 Å². The molecule has 4 fully saturated rings. The van der Waals surface area contributed by atoms with E-state index in [-0.39, 0.29) is 36.2 Å². The molecule has 0 unspecified atom stereocenters. The van der Waals surface area contributed by atoms with Gasteiger partial charge in [0.2, 0.25) is 11.9 Å². The summed E-state index contributed by atoms with van der Waals surface area (Å²) in [4.78, 5) is 28.5. The minimum Gasteiger partial charge on any atom is -0.444 e. The normalized spacial score (nSPS) is 18.1. The SMILES string of the molecule is CC(C)(C)OC(=O)N1CCC(n2cc(Nc3nc4c(N5CCC(CO)(c6ccc(Cl)cc6)CC5)cccn4n3)cn2)CC1.OCC1(c2ccc(Cl)cc2)CCN(c2cccn3nc(Nc4cnn(C5CCNCC5)c4)nc23)CC1. The first-order valence-electron chi connectivity index (χ1n) is 27.5. The van der Waals surface area contributed by atoms with Crippen molar-refractivity contribution in [3.05, 3.63) is 131 Å². The summed E-state index contributed by atoms with van der Waals surface area (Å²) in [5, 5.41) is 50.6. The first-order chi connectivity index (χ1) is 38.3. The van der Waals surface area contributed by atoms with Crippen molar-refractivity contribution in [2.75, 3.05) is 86.0 Å². The van der Waals surface area contributed by atoms with Gasteiger partial charge in [-0.1, -0.05) is 47.5 Å². The van der Waals surface area contributed by atoms with Crippen LogP contribution in [0.2, 0.25) is 10.0 Å². The number of pyridine rings is 2. The molecule has 1 amide bonds. The number of aromatic nitrogens is 10. The second-order valence-electron chi connectivity index (χ2n) is 22.4. The summed E-state index contributed by atoms with van der Waals surface area (Å²) in [6.45, 7) is 12.4. The quantitative estimate of drug-likeness (QED) is 0.0773. The van der Waals surface area contributed by atoms with Gasteiger partial charge in [-0.2, -0.15) is 20.2 Å². The monoisotopic (exact) mass is 1110 g/mol. The van der Waals surface area contributed by atoms with Crippen LogP contribution in [-0.2, 0) is 15.6 Å². The third kappa shape index (κ3) is 12.0. The van der Waals surface area contributed by atoms with Crippen LogP contribution in [0.4, 0.5) is 39.4 Å². The summed E-state index contributed by atoms with van der Waals surface area (Å²) in [6, 6.07) is 24.5. The van der Waals surface area contributed by atoms with Crippen molar-refractivity contribution in [2.45, 2.75) is 101 Å². The lowest BCUT2D eigenvalue weighted by molar-refractivity contribution is 0.0184. The predicted octanol–water partition coefficient (Wildman–Crippen LogP) is 9.20. The summed E-state index contributed by atoms with van der Waals surface area (Å²) in [7, 11) is 0. The third-order valence-corrected chi connectivity index (χ3v) is 16.7. The van der Waals surface area contributed by atoms with Crippen molar-refractivity contribution in [1.29, 1.82) is 0 Å². The number of nitrogens with zero attached hydrogens (tertiary/aromatic N) is 13. The molecule has 0 saturated carbocycles. The second kappa shape index (κ2) is 23.0. The molecule has 79 heavy (non-hydrogen) atoms. The van der Waals surface area contributed by atoms with E-state index < -0.39 is 5.60 Å². The van der Waals surface area contributed by atoms with Gasteiger partial charge in [0.15, 0.2) is 11.3 Å². The van der Waals surface area contributed by atoms with Gasteiger partial charge in [-0.25, -0.2) is 13.8 Å². The molecule has 0 bridgehead atoms. The van der Waals surface area contributed by atoms with Crippen molar-refractivity contribution in [1.82, 2.24) is 59.0 Å². The number of piperidine rings is 4. The van der Waals surface area contributed by atoms with Crippen molar-refractivity contribution in [3.63, 3.8) is 0 Å². The number of anilines is 6. The number of rotatable bonds is 12. The Morgan fingerprint density at radius 2 is 1.08 bits per heavy atom. The fourth-order valence-corrected chi connectivity index (χ4v) is 11.8. The summed E-state index contributed by atoms with van der Waals surface area (Å²) in [5.74, 6) is 1.05. The maximum absolute atomic E-state index is 12.4. The van der Waals surface area contributed by atoms with Crippen molar-refractivity contribution >= 4 is 75.2 Å². The first-order valence-corrected chi connectivity index (χ1v) is 28.3. The highest BCUT2D eigenvalue weighted by molar-refractivity contribution is 6.30. The zero-order valence-electron chi connectivity index (χ0n) is 45.1. The highest BCUT2D eigenvalue weighted by Crippen LogP contribution is 2.40. The van der Waals surface area contributed by atoms with Gasteiger partial charge < -0.3 is 45.6 Å². The summed E-state index contributed by atoms with van der Waals surface area (Å²) >= 11 is 12.2. The van der Waals surface area contributed by atoms with Gasteiger partial charge in [0.1, 0.15) is 5.60 Å². The maximum Gasteiger partial charge on any atom is 0.410 e. The van der Waals surface area contributed by atoms with Gasteiger partial charge >= 0.3 is 6.09 Å². The molecule has 10 heterocycles. The molecule has 4 aliphatic rings. The Bertz CT molecular complexity index is 3320. The number of aliphatic hydroxyl groups is 2. The molecule has 8 aromatic rings. The molecule has 12 rings (SSSR count). The van der Waals surface area contributed by atoms with E-state index in [1.165, 1.54) is 0 Å². The summed E-state index contributed by atoms with van der Waals surface area (Å²) < 4.78 is 13.1. The Kier molecular flexibility index (Phi) is 15.7. The molecule has 0 radical (unpaired) electrons. The smallest absolute Gasteiger partial charge is 0.410 e. The predicted molar refractivity (Wildman–Crippen MR) is 308 cm³/mol. The van der Waals surface area contributed by atoms with Crippen molar-refractivity contribution in [3.8, 4) is 0 Å². The van der Waals surface area contributed by atoms with Crippen molar-refractivity contribution in [2.24, 2.45) is 0 Å². The van der Waals surface area contributed by atoms with Crippen LogP contribution in [0.5, 0.6) is 0 Å². The standard InChI is InChI=1S/C31H39ClN8O3.C26H31ClN8O/c1-30(2,3)43-29(42)38-15-10-25(11-16-38)40-20-24(19-33-40)34-28-35-27-26(5-4-14-39(27)36-28)37-17-12-31(21-41,13-18-37)22-6-8-23(32)9-7-22;27-20-5-3-19(4-6-20)26(18-36)9-14-33(15-10-26)23-2-1-13-34-24(23)31-25(32-34)30-21-16-29-35(17-21)22-7-11-28-12-8-22/h4-9,14,19-20,25,41H,10-13,15-18,21H2,1-3H3,(H,34,36);1-6,13,16-17,22,28,36H,7-12,14-15,18H2,(H,30,32). The number of halogens is 2. The van der Waals surface area contributed by atoms with E-state index in [1.807, 2.05) is 126 Å². The Morgan fingerprint density at radius 3 is 1.49 bits per heavy atom. The van der Waals surface area contributed by atoms with E-state index in [4.69, 9.17) is 37.9 Å². The number of hydrogen-bond donors (Lipinski definition) is 5. The zero-order chi connectivity index (χ0) is 54.7. The molecular weight excluding hydrogens is 1040 g/mol. The molecule has 4 saturated heterocycles. The highest BCUT2D eigenvalue weighted by Gasteiger charge is 2.38. The van der Waals surface area contributed by atoms with Crippen LogP contribution >= 0.6 is 23.2 Å². The van der Waals surface area contributed by atoms with E-state index in [1.54, 1.807) is 15.6 Å². The Labute approximate surface area is 469 Å². The van der Waals surface area contributed by atoms with E-state index in [2.05, 4.69) is 58.3 Å². The average Bonchev–Trinajstić information content (AvgIpc) is 4.45. The molecule has 0 aliphatic carbocycles. The Balaban J connectivity index is 0.000000170. The molecule has 5 N–H and O–H groups in total. The molecule has 2 aromatic carbocycles. The number of carbonyl (C=O) groups excluding carboxylic acids is 1. The maximum atomic E-state index is 12.4. The molecule has 416 valence electrons. The van der Waals surface area contributed by atoms with E-state index in [0.717, 1.165) is 136 Å². The number of carbonyl (C=O) groups is 1. The lowest BCUT2D eigenvalue weighted by Gasteiger charge is -2.42. The van der Waals surface area contributed by atoms with Crippen LogP contribution in [0.15, 0.2) is 110 Å². The molecule has 0 atom stereocenters. The fraction of sp³-hybridized carbons (Fsp3) is 0.456. The number of likely N-dealkylation sites (tertiary alicyclic amines) is 1. The number of ether oxygens (including phenoxy) is 1. The van der Waals surface area contributed by atoms with Gasteiger partial charge in [0, 0.05) is 84.9 Å². The van der Waals surface area contributed by atoms with Gasteiger partial charge in [-0.15, -0.1) is 10.2 Å². The lowest BCUT2D eigenvalue weighted by atomic mass is 9.73. The largest absolute Gasteiger partial charge is 0.444 e. The summed E-state index contributed by atoms with van der Waals surface area (Å²) in [5.41, 5.74) is 6.58. The molecule has 22 heteroatoms. The number of hydrogen-bond acceptors (Lipinski definition) is 15. The van der Waals surface area contributed by atoms with E-state index in [9.17, 15) is 15.0 Å². The zero-order valence-corrected chi connectivity index (χ0v) is 46.6. The first kappa shape index (κ1) is 54.0. The van der Waals surface area contributed by atoms with Crippen LogP contribution < -0.4 is 25.8 Å². The molecule has 6 aromatic heterocycles. The minimum absolute atomic E-state index is 0.0994. The number of amides is 1. The average molecular weight is 1110 g/mol. The van der Waals surface area contributed by atoms with Gasteiger partial charge in [-0.05, 0) is 145 Å². The third-order valence-electron chi connectivity index (χ3n) is 16.2.